The summed E-state index contributed by atoms with van der Waals surface area (Å²) in [5.41, 5.74) is 7.12. The highest BCUT2D eigenvalue weighted by Crippen LogP contribution is 2.39. The number of anilines is 1. The minimum Gasteiger partial charge on any atom is -0.397 e. The zero-order valence-corrected chi connectivity index (χ0v) is 16.2. The van der Waals surface area contributed by atoms with E-state index in [2.05, 4.69) is 15.3 Å². The summed E-state index contributed by atoms with van der Waals surface area (Å²) in [4.78, 5) is 33.0. The number of nitrogens with two attached hydrogens (primary N) is 1. The second-order valence-electron chi connectivity index (χ2n) is 7.16. The smallest absolute Gasteiger partial charge is 0.270 e. The molecule has 1 aromatic carbocycles. The molecular weight excluding hydrogens is 366 g/mol. The Labute approximate surface area is 159 Å². The number of non-ortho nitro benzene ring substituents is 1. The molecule has 140 valence electrons. The zero-order valence-electron chi connectivity index (χ0n) is 15.4. The van der Waals surface area contributed by atoms with Gasteiger partial charge in [0, 0.05) is 23.2 Å². The summed E-state index contributed by atoms with van der Waals surface area (Å²) in [7, 11) is 0. The number of thiophene rings is 1. The number of amides is 1. The lowest BCUT2D eigenvalue weighted by molar-refractivity contribution is -0.384. The summed E-state index contributed by atoms with van der Waals surface area (Å²) in [5, 5.41) is 14.5. The number of nitrogens with one attached hydrogen (secondary N) is 1. The summed E-state index contributed by atoms with van der Waals surface area (Å²) in [6.45, 7) is 7.37. The highest BCUT2D eigenvalue weighted by Gasteiger charge is 2.24. The van der Waals surface area contributed by atoms with Crippen molar-refractivity contribution in [1.29, 1.82) is 0 Å². The van der Waals surface area contributed by atoms with E-state index in [1.54, 1.807) is 19.1 Å². The van der Waals surface area contributed by atoms with Crippen molar-refractivity contribution in [3.05, 3.63) is 45.1 Å². The summed E-state index contributed by atoms with van der Waals surface area (Å²) >= 11 is 1.18. The van der Waals surface area contributed by atoms with Crippen LogP contribution in [0, 0.1) is 17.0 Å². The van der Waals surface area contributed by atoms with E-state index >= 15 is 0 Å². The van der Waals surface area contributed by atoms with Gasteiger partial charge in [-0.3, -0.25) is 14.9 Å². The van der Waals surface area contributed by atoms with Crippen LogP contribution in [0.2, 0.25) is 0 Å². The first-order chi connectivity index (χ1) is 12.6. The van der Waals surface area contributed by atoms with Gasteiger partial charge < -0.3 is 11.1 Å². The number of rotatable bonds is 3. The summed E-state index contributed by atoms with van der Waals surface area (Å²) < 4.78 is 0. The van der Waals surface area contributed by atoms with E-state index in [1.807, 2.05) is 20.8 Å². The average Bonchev–Trinajstić information content (AvgIpc) is 2.89. The van der Waals surface area contributed by atoms with Gasteiger partial charge in [0.15, 0.2) is 0 Å². The number of aromatic nitrogens is 2. The Morgan fingerprint density at radius 3 is 2.63 bits per heavy atom. The number of nitrogens with zero attached hydrogens (tertiary/aromatic N) is 3. The molecule has 0 saturated carbocycles. The number of nitro groups is 1. The molecule has 3 rings (SSSR count). The summed E-state index contributed by atoms with van der Waals surface area (Å²) in [6, 6.07) is 6.16. The highest BCUT2D eigenvalue weighted by molar-refractivity contribution is 7.21. The molecule has 0 bridgehead atoms. The molecule has 0 aliphatic carbocycles. The Bertz CT molecular complexity index is 1070. The number of benzene rings is 1. The third-order valence-electron chi connectivity index (χ3n) is 3.73. The first-order valence-electron chi connectivity index (χ1n) is 8.21. The summed E-state index contributed by atoms with van der Waals surface area (Å²) in [6.07, 6.45) is 0. The first-order valence-corrected chi connectivity index (χ1v) is 9.02. The Kier molecular flexibility index (Phi) is 4.56. The Balaban J connectivity index is 2.21. The van der Waals surface area contributed by atoms with Crippen LogP contribution in [-0.4, -0.2) is 26.3 Å². The van der Waals surface area contributed by atoms with Crippen molar-refractivity contribution in [1.82, 2.24) is 15.3 Å². The number of hydrogen-bond acceptors (Lipinski definition) is 7. The third-order valence-corrected chi connectivity index (χ3v) is 4.82. The normalized spacial score (nSPS) is 11.6. The second kappa shape index (κ2) is 6.58. The standard InChI is InChI=1S/C18H19N5O3S/c1-9-20-14(10-6-5-7-11(8-10)23(25)26)12-13(19)15(27-17(12)21-9)16(24)22-18(2,3)4/h5-8H,19H2,1-4H3,(H,22,24). The SMILES string of the molecule is Cc1nc(-c2cccc([N+](=O)[O-])c2)c2c(N)c(C(=O)NC(C)(C)C)sc2n1. The molecule has 3 N–H and O–H groups in total. The number of fused-ring (bicyclic) bond motifs is 1. The molecule has 9 heteroatoms. The van der Waals surface area contributed by atoms with Crippen LogP contribution < -0.4 is 11.1 Å². The first kappa shape index (κ1) is 18.7. The molecule has 3 aromatic rings. The fourth-order valence-electron chi connectivity index (χ4n) is 2.67. The topological polar surface area (TPSA) is 124 Å². The van der Waals surface area contributed by atoms with Gasteiger partial charge >= 0.3 is 0 Å². The van der Waals surface area contributed by atoms with Crippen molar-refractivity contribution >= 4 is 38.8 Å². The van der Waals surface area contributed by atoms with Crippen molar-refractivity contribution in [2.45, 2.75) is 33.2 Å². The zero-order chi connectivity index (χ0) is 19.9. The van der Waals surface area contributed by atoms with E-state index < -0.39 is 10.5 Å². The number of carbonyl (C=O) groups is 1. The quantitative estimate of drug-likeness (QED) is 0.523. The molecule has 2 heterocycles. The molecule has 1 amide bonds. The van der Waals surface area contributed by atoms with Gasteiger partial charge in [0.05, 0.1) is 21.7 Å². The lowest BCUT2D eigenvalue weighted by Gasteiger charge is -2.20. The predicted molar refractivity (Wildman–Crippen MR) is 106 cm³/mol. The lowest BCUT2D eigenvalue weighted by Crippen LogP contribution is -2.40. The third kappa shape index (κ3) is 3.72. The monoisotopic (exact) mass is 385 g/mol. The predicted octanol–water partition coefficient (Wildman–Crippen LogP) is 3.69. The van der Waals surface area contributed by atoms with Gasteiger partial charge in [0.2, 0.25) is 0 Å². The van der Waals surface area contributed by atoms with Gasteiger partial charge in [-0.25, -0.2) is 9.97 Å². The van der Waals surface area contributed by atoms with Crippen molar-refractivity contribution in [3.8, 4) is 11.3 Å². The number of nitrogen functional groups attached to an aromatic ring is 1. The molecule has 0 saturated heterocycles. The summed E-state index contributed by atoms with van der Waals surface area (Å²) in [5.74, 6) is 0.207. The van der Waals surface area contributed by atoms with Gasteiger partial charge in [-0.05, 0) is 27.7 Å². The maximum absolute atomic E-state index is 12.6. The number of carbonyl (C=O) groups excluding carboxylic acids is 1. The fourth-order valence-corrected chi connectivity index (χ4v) is 3.71. The van der Waals surface area contributed by atoms with Crippen molar-refractivity contribution in [2.24, 2.45) is 0 Å². The molecule has 2 aromatic heterocycles. The molecule has 0 aliphatic rings. The van der Waals surface area contributed by atoms with Gasteiger partial charge in [0.1, 0.15) is 15.5 Å². The van der Waals surface area contributed by atoms with Crippen molar-refractivity contribution in [2.75, 3.05) is 5.73 Å². The number of nitro benzene ring substituents is 1. The molecule has 0 radical (unpaired) electrons. The van der Waals surface area contributed by atoms with Crippen LogP contribution in [0.3, 0.4) is 0 Å². The van der Waals surface area contributed by atoms with Crippen LogP contribution in [0.5, 0.6) is 0 Å². The molecular formula is C18H19N5O3S. The molecule has 0 atom stereocenters. The molecule has 0 fully saturated rings. The lowest BCUT2D eigenvalue weighted by atomic mass is 10.1. The van der Waals surface area contributed by atoms with Gasteiger partial charge in [-0.15, -0.1) is 11.3 Å². The van der Waals surface area contributed by atoms with Crippen LogP contribution >= 0.6 is 11.3 Å². The maximum atomic E-state index is 12.6. The largest absolute Gasteiger partial charge is 0.397 e. The number of hydrogen-bond donors (Lipinski definition) is 2. The van der Waals surface area contributed by atoms with E-state index in [4.69, 9.17) is 5.73 Å². The number of aryl methyl sites for hydroxylation is 1. The molecule has 0 unspecified atom stereocenters. The van der Waals surface area contributed by atoms with Gasteiger partial charge in [-0.2, -0.15) is 0 Å². The minimum absolute atomic E-state index is 0.0450. The van der Waals surface area contributed by atoms with E-state index in [9.17, 15) is 14.9 Å². The highest BCUT2D eigenvalue weighted by atomic mass is 32.1. The molecule has 8 nitrogen and oxygen atoms in total. The van der Waals surface area contributed by atoms with E-state index in [0.29, 0.717) is 32.2 Å². The van der Waals surface area contributed by atoms with Crippen LogP contribution in [-0.2, 0) is 0 Å². The average molecular weight is 385 g/mol. The van der Waals surface area contributed by atoms with Crippen LogP contribution in [0.25, 0.3) is 21.5 Å². The fraction of sp³-hybridized carbons (Fsp3) is 0.278. The second-order valence-corrected chi connectivity index (χ2v) is 8.16. The molecule has 0 spiro atoms. The molecule has 27 heavy (non-hydrogen) atoms. The Morgan fingerprint density at radius 2 is 2.00 bits per heavy atom. The van der Waals surface area contributed by atoms with Crippen LogP contribution in [0.15, 0.2) is 24.3 Å². The van der Waals surface area contributed by atoms with Crippen molar-refractivity contribution < 1.29 is 9.72 Å². The van der Waals surface area contributed by atoms with Crippen molar-refractivity contribution in [3.63, 3.8) is 0 Å². The minimum atomic E-state index is -0.464. The van der Waals surface area contributed by atoms with Crippen LogP contribution in [0.4, 0.5) is 11.4 Å². The van der Waals surface area contributed by atoms with Crippen LogP contribution in [0.1, 0.15) is 36.3 Å². The van der Waals surface area contributed by atoms with E-state index in [1.165, 1.54) is 23.5 Å². The maximum Gasteiger partial charge on any atom is 0.270 e. The Hall–Kier alpha value is -3.07. The van der Waals surface area contributed by atoms with Gasteiger partial charge in [-0.1, -0.05) is 12.1 Å². The molecule has 0 aliphatic heterocycles. The Morgan fingerprint density at radius 1 is 1.30 bits per heavy atom. The van der Waals surface area contributed by atoms with E-state index in [0.717, 1.165) is 0 Å². The van der Waals surface area contributed by atoms with E-state index in [-0.39, 0.29) is 17.3 Å². The van der Waals surface area contributed by atoms with Gasteiger partial charge in [0.25, 0.3) is 11.6 Å².